The lowest BCUT2D eigenvalue weighted by Gasteiger charge is -2.17. The lowest BCUT2D eigenvalue weighted by atomic mass is 10.1. The van der Waals surface area contributed by atoms with E-state index in [1.165, 1.54) is 11.1 Å². The maximum Gasteiger partial charge on any atom is 0.322 e. The predicted octanol–water partition coefficient (Wildman–Crippen LogP) is 3.26. The Balaban J connectivity index is 2.12. The zero-order valence-corrected chi connectivity index (χ0v) is 13.3. The van der Waals surface area contributed by atoms with Crippen LogP contribution in [0.3, 0.4) is 0 Å². The standard InChI is InChI=1S/C15H19ClN4O/c1-4-9-21-15-18-13(16)17-14(19-15)20(3)10-12-7-5-11(2)6-8-12/h5-8H,4,9-10H2,1-3H3. The van der Waals surface area contributed by atoms with Gasteiger partial charge in [-0.3, -0.25) is 0 Å². The van der Waals surface area contributed by atoms with Crippen molar-refractivity contribution in [2.75, 3.05) is 18.6 Å². The molecule has 0 aliphatic rings. The molecular formula is C15H19ClN4O. The van der Waals surface area contributed by atoms with E-state index in [0.717, 1.165) is 6.42 Å². The molecule has 0 saturated heterocycles. The number of aromatic nitrogens is 3. The van der Waals surface area contributed by atoms with Gasteiger partial charge < -0.3 is 9.64 Å². The second kappa shape index (κ2) is 7.22. The Kier molecular flexibility index (Phi) is 5.33. The molecule has 0 atom stereocenters. The number of hydrogen-bond acceptors (Lipinski definition) is 5. The van der Waals surface area contributed by atoms with Gasteiger partial charge in [-0.15, -0.1) is 0 Å². The van der Waals surface area contributed by atoms with Gasteiger partial charge in [0.1, 0.15) is 0 Å². The molecule has 112 valence electrons. The van der Waals surface area contributed by atoms with E-state index in [1.54, 1.807) is 0 Å². The Labute approximate surface area is 130 Å². The third kappa shape index (κ3) is 4.56. The van der Waals surface area contributed by atoms with Gasteiger partial charge in [-0.2, -0.15) is 15.0 Å². The van der Waals surface area contributed by atoms with Gasteiger partial charge in [0, 0.05) is 13.6 Å². The van der Waals surface area contributed by atoms with Gasteiger partial charge in [0.15, 0.2) is 0 Å². The summed E-state index contributed by atoms with van der Waals surface area (Å²) in [6.45, 7) is 5.33. The normalized spacial score (nSPS) is 10.5. The van der Waals surface area contributed by atoms with Gasteiger partial charge in [0.25, 0.3) is 0 Å². The molecule has 0 amide bonds. The molecule has 1 aromatic carbocycles. The monoisotopic (exact) mass is 306 g/mol. The minimum Gasteiger partial charge on any atom is -0.463 e. The SMILES string of the molecule is CCCOc1nc(Cl)nc(N(C)Cc2ccc(C)cc2)n1. The summed E-state index contributed by atoms with van der Waals surface area (Å²) >= 11 is 5.93. The van der Waals surface area contributed by atoms with Gasteiger partial charge in [0.2, 0.25) is 11.2 Å². The highest BCUT2D eigenvalue weighted by atomic mass is 35.5. The first kappa shape index (κ1) is 15.5. The maximum absolute atomic E-state index is 5.93. The van der Waals surface area contributed by atoms with Crippen molar-refractivity contribution in [3.05, 3.63) is 40.7 Å². The van der Waals surface area contributed by atoms with Crippen LogP contribution in [-0.2, 0) is 6.54 Å². The van der Waals surface area contributed by atoms with Gasteiger partial charge >= 0.3 is 6.01 Å². The van der Waals surface area contributed by atoms with E-state index in [4.69, 9.17) is 16.3 Å². The smallest absolute Gasteiger partial charge is 0.322 e. The summed E-state index contributed by atoms with van der Waals surface area (Å²) in [4.78, 5) is 14.3. The molecular weight excluding hydrogens is 288 g/mol. The van der Waals surface area contributed by atoms with Gasteiger partial charge in [-0.1, -0.05) is 36.8 Å². The average molecular weight is 307 g/mol. The summed E-state index contributed by atoms with van der Waals surface area (Å²) in [5.41, 5.74) is 2.41. The number of ether oxygens (including phenoxy) is 1. The largest absolute Gasteiger partial charge is 0.463 e. The van der Waals surface area contributed by atoms with Crippen molar-refractivity contribution in [1.29, 1.82) is 0 Å². The Hall–Kier alpha value is -1.88. The highest BCUT2D eigenvalue weighted by Gasteiger charge is 2.10. The molecule has 2 rings (SSSR count). The van der Waals surface area contributed by atoms with E-state index < -0.39 is 0 Å². The lowest BCUT2D eigenvalue weighted by Crippen LogP contribution is -2.20. The van der Waals surface area contributed by atoms with Crippen molar-refractivity contribution >= 4 is 17.5 Å². The van der Waals surface area contributed by atoms with E-state index >= 15 is 0 Å². The van der Waals surface area contributed by atoms with Gasteiger partial charge in [-0.05, 0) is 30.5 Å². The third-order valence-electron chi connectivity index (χ3n) is 2.89. The average Bonchev–Trinajstić information content (AvgIpc) is 2.47. The van der Waals surface area contributed by atoms with Crippen LogP contribution in [0.1, 0.15) is 24.5 Å². The van der Waals surface area contributed by atoms with Gasteiger partial charge in [0.05, 0.1) is 6.61 Å². The predicted molar refractivity (Wildman–Crippen MR) is 83.9 cm³/mol. The Morgan fingerprint density at radius 2 is 1.86 bits per heavy atom. The van der Waals surface area contributed by atoms with Crippen LogP contribution in [0.4, 0.5) is 5.95 Å². The van der Waals surface area contributed by atoms with Crippen molar-refractivity contribution in [2.24, 2.45) is 0 Å². The lowest BCUT2D eigenvalue weighted by molar-refractivity contribution is 0.291. The number of aryl methyl sites for hydroxylation is 1. The molecule has 0 N–H and O–H groups in total. The van der Waals surface area contributed by atoms with E-state index in [9.17, 15) is 0 Å². The molecule has 21 heavy (non-hydrogen) atoms. The number of nitrogens with zero attached hydrogens (tertiary/aromatic N) is 4. The van der Waals surface area contributed by atoms with E-state index in [2.05, 4.69) is 46.1 Å². The number of anilines is 1. The van der Waals surface area contributed by atoms with Crippen molar-refractivity contribution in [3.8, 4) is 6.01 Å². The van der Waals surface area contributed by atoms with Crippen molar-refractivity contribution in [3.63, 3.8) is 0 Å². The van der Waals surface area contributed by atoms with Crippen LogP contribution in [0.5, 0.6) is 6.01 Å². The summed E-state index contributed by atoms with van der Waals surface area (Å²) in [7, 11) is 1.91. The molecule has 2 aromatic rings. The molecule has 0 fully saturated rings. The number of rotatable bonds is 6. The molecule has 0 spiro atoms. The van der Waals surface area contributed by atoms with Crippen LogP contribution in [0, 0.1) is 6.92 Å². The summed E-state index contributed by atoms with van der Waals surface area (Å²) in [6.07, 6.45) is 0.887. The molecule has 1 heterocycles. The zero-order chi connectivity index (χ0) is 15.2. The highest BCUT2D eigenvalue weighted by Crippen LogP contribution is 2.16. The molecule has 0 unspecified atom stereocenters. The highest BCUT2D eigenvalue weighted by molar-refractivity contribution is 6.28. The third-order valence-corrected chi connectivity index (χ3v) is 3.06. The Morgan fingerprint density at radius 3 is 2.52 bits per heavy atom. The van der Waals surface area contributed by atoms with Crippen molar-refractivity contribution in [2.45, 2.75) is 26.8 Å². The molecule has 1 aromatic heterocycles. The summed E-state index contributed by atoms with van der Waals surface area (Å²) in [5, 5.41) is 0.141. The number of halogens is 1. The Bertz CT molecular complexity index is 589. The summed E-state index contributed by atoms with van der Waals surface area (Å²) < 4.78 is 5.42. The maximum atomic E-state index is 5.93. The fourth-order valence-corrected chi connectivity index (χ4v) is 1.94. The molecule has 0 radical (unpaired) electrons. The molecule has 0 bridgehead atoms. The number of hydrogen-bond donors (Lipinski definition) is 0. The van der Waals surface area contributed by atoms with E-state index in [1.807, 2.05) is 18.9 Å². The topological polar surface area (TPSA) is 51.1 Å². The first-order valence-electron chi connectivity index (χ1n) is 6.89. The number of benzene rings is 1. The van der Waals surface area contributed by atoms with Crippen LogP contribution in [0.2, 0.25) is 5.28 Å². The molecule has 0 aliphatic heterocycles. The van der Waals surface area contributed by atoms with Crippen LogP contribution < -0.4 is 9.64 Å². The van der Waals surface area contributed by atoms with Crippen molar-refractivity contribution < 1.29 is 4.74 Å². The summed E-state index contributed by atoms with van der Waals surface area (Å²) in [5.74, 6) is 0.502. The molecule has 0 saturated carbocycles. The first-order chi connectivity index (χ1) is 10.1. The minimum absolute atomic E-state index is 0.141. The van der Waals surface area contributed by atoms with Crippen molar-refractivity contribution in [1.82, 2.24) is 15.0 Å². The zero-order valence-electron chi connectivity index (χ0n) is 12.5. The fourth-order valence-electron chi connectivity index (χ4n) is 1.79. The van der Waals surface area contributed by atoms with Crippen LogP contribution in [0.25, 0.3) is 0 Å². The fraction of sp³-hybridized carbons (Fsp3) is 0.400. The Morgan fingerprint density at radius 1 is 1.14 bits per heavy atom. The van der Waals surface area contributed by atoms with Crippen LogP contribution in [0.15, 0.2) is 24.3 Å². The van der Waals surface area contributed by atoms with Gasteiger partial charge in [-0.25, -0.2) is 0 Å². The van der Waals surface area contributed by atoms with E-state index in [-0.39, 0.29) is 11.3 Å². The molecule has 0 aliphatic carbocycles. The summed E-state index contributed by atoms with van der Waals surface area (Å²) in [6, 6.07) is 8.60. The van der Waals surface area contributed by atoms with E-state index in [0.29, 0.717) is 19.1 Å². The molecule has 5 nitrogen and oxygen atoms in total. The first-order valence-corrected chi connectivity index (χ1v) is 7.27. The second-order valence-electron chi connectivity index (χ2n) is 4.88. The second-order valence-corrected chi connectivity index (χ2v) is 5.22. The molecule has 6 heteroatoms. The van der Waals surface area contributed by atoms with Crippen LogP contribution in [-0.4, -0.2) is 28.6 Å². The van der Waals surface area contributed by atoms with Crippen LogP contribution >= 0.6 is 11.6 Å². The minimum atomic E-state index is 0.141. The quantitative estimate of drug-likeness (QED) is 0.820.